The molecule has 0 atom stereocenters. The van der Waals surface area contributed by atoms with Crippen molar-refractivity contribution in [1.29, 1.82) is 0 Å². The van der Waals surface area contributed by atoms with Crippen molar-refractivity contribution in [3.63, 3.8) is 0 Å². The van der Waals surface area contributed by atoms with Gasteiger partial charge in [0.1, 0.15) is 12.4 Å². The first kappa shape index (κ1) is 22.7. The fraction of sp³-hybridized carbons (Fsp3) is 0.148. The predicted octanol–water partition coefficient (Wildman–Crippen LogP) is 5.28. The average molecular weight is 489 g/mol. The number of fused-ring (bicyclic) bond motifs is 2. The molecule has 1 aliphatic heterocycles. The van der Waals surface area contributed by atoms with Crippen molar-refractivity contribution in [3.05, 3.63) is 98.6 Å². The zero-order valence-electron chi connectivity index (χ0n) is 18.8. The molecule has 4 aromatic rings. The molecule has 7 nitrogen and oxygen atoms in total. The van der Waals surface area contributed by atoms with E-state index in [-0.39, 0.29) is 11.1 Å². The third-order valence-electron chi connectivity index (χ3n) is 5.93. The lowest BCUT2D eigenvalue weighted by atomic mass is 10.1. The second-order valence-corrected chi connectivity index (χ2v) is 8.61. The van der Waals surface area contributed by atoms with Gasteiger partial charge in [0.2, 0.25) is 0 Å². The zero-order chi connectivity index (χ0) is 24.5. The van der Waals surface area contributed by atoms with Crippen LogP contribution in [0.1, 0.15) is 33.7 Å². The first-order valence-electron chi connectivity index (χ1n) is 11.0. The standard InChI is InChI=1S/C27H21ClN2O5/c1-34-24-13-17(4-9-23(24)35-15-16-2-6-20(28)7-3-16)12-18-10-11-30-25(18)29-22-14-19(27(32)33)5-8-21(22)26(30)31/h2-9,12-14H,10-11,15H2,1H3,(H,32,33). The summed E-state index contributed by atoms with van der Waals surface area (Å²) in [5, 5.41) is 10.4. The number of rotatable bonds is 6. The van der Waals surface area contributed by atoms with Crippen molar-refractivity contribution in [2.75, 3.05) is 7.11 Å². The van der Waals surface area contributed by atoms with Gasteiger partial charge in [-0.1, -0.05) is 29.8 Å². The number of aromatic nitrogens is 2. The molecule has 0 radical (unpaired) electrons. The summed E-state index contributed by atoms with van der Waals surface area (Å²) < 4.78 is 13.1. The summed E-state index contributed by atoms with van der Waals surface area (Å²) in [6.45, 7) is 0.891. The fourth-order valence-corrected chi connectivity index (χ4v) is 4.25. The number of carbonyl (C=O) groups is 1. The highest BCUT2D eigenvalue weighted by atomic mass is 35.5. The zero-order valence-corrected chi connectivity index (χ0v) is 19.6. The predicted molar refractivity (Wildman–Crippen MR) is 134 cm³/mol. The number of ether oxygens (including phenoxy) is 2. The number of benzene rings is 3. The molecule has 35 heavy (non-hydrogen) atoms. The molecule has 0 saturated heterocycles. The van der Waals surface area contributed by atoms with E-state index in [0.717, 1.165) is 16.7 Å². The normalized spacial score (nSPS) is 13.7. The molecular formula is C27H21ClN2O5. The van der Waals surface area contributed by atoms with Crippen molar-refractivity contribution in [1.82, 2.24) is 9.55 Å². The number of allylic oxidation sites excluding steroid dienone is 1. The van der Waals surface area contributed by atoms with Gasteiger partial charge < -0.3 is 14.6 Å². The molecule has 0 saturated carbocycles. The Balaban J connectivity index is 1.45. The number of methoxy groups -OCH3 is 1. The van der Waals surface area contributed by atoms with Gasteiger partial charge in [-0.15, -0.1) is 0 Å². The Morgan fingerprint density at radius 1 is 1.11 bits per heavy atom. The van der Waals surface area contributed by atoms with Crippen LogP contribution in [0.2, 0.25) is 5.02 Å². The Labute approximate surface area is 205 Å². The van der Waals surface area contributed by atoms with Crippen molar-refractivity contribution < 1.29 is 19.4 Å². The summed E-state index contributed by atoms with van der Waals surface area (Å²) >= 11 is 5.94. The van der Waals surface area contributed by atoms with Crippen LogP contribution in [-0.4, -0.2) is 27.7 Å². The first-order chi connectivity index (χ1) is 16.9. The maximum atomic E-state index is 13.0. The fourth-order valence-electron chi connectivity index (χ4n) is 4.12. The Kier molecular flexibility index (Phi) is 6.01. The van der Waals surface area contributed by atoms with Crippen molar-refractivity contribution in [2.45, 2.75) is 19.6 Å². The Bertz CT molecular complexity index is 1540. The third-order valence-corrected chi connectivity index (χ3v) is 6.18. The number of hydrogen-bond acceptors (Lipinski definition) is 5. The summed E-state index contributed by atoms with van der Waals surface area (Å²) in [5.74, 6) is 0.682. The SMILES string of the molecule is COc1cc(C=C2CCn3c2nc2cc(C(=O)O)ccc2c3=O)ccc1OCc1ccc(Cl)cc1. The van der Waals surface area contributed by atoms with Crippen molar-refractivity contribution in [3.8, 4) is 11.5 Å². The van der Waals surface area contributed by atoms with Gasteiger partial charge in [-0.25, -0.2) is 9.78 Å². The van der Waals surface area contributed by atoms with Crippen LogP contribution in [0.25, 0.3) is 22.6 Å². The maximum Gasteiger partial charge on any atom is 0.335 e. The molecule has 8 heteroatoms. The molecule has 0 fully saturated rings. The van der Waals surface area contributed by atoms with Crippen LogP contribution in [-0.2, 0) is 13.2 Å². The van der Waals surface area contributed by atoms with E-state index >= 15 is 0 Å². The van der Waals surface area contributed by atoms with E-state index in [1.807, 2.05) is 48.5 Å². The molecule has 176 valence electrons. The lowest BCUT2D eigenvalue weighted by molar-refractivity contribution is 0.0697. The Morgan fingerprint density at radius 3 is 2.66 bits per heavy atom. The molecule has 2 heterocycles. The molecule has 0 aliphatic carbocycles. The average Bonchev–Trinajstić information content (AvgIpc) is 3.26. The van der Waals surface area contributed by atoms with Gasteiger partial charge in [-0.2, -0.15) is 0 Å². The largest absolute Gasteiger partial charge is 0.493 e. The molecule has 5 rings (SSSR count). The maximum absolute atomic E-state index is 13.0. The van der Waals surface area contributed by atoms with Gasteiger partial charge in [-0.3, -0.25) is 9.36 Å². The highest BCUT2D eigenvalue weighted by Gasteiger charge is 2.21. The van der Waals surface area contributed by atoms with Crippen molar-refractivity contribution in [2.24, 2.45) is 0 Å². The molecule has 0 bridgehead atoms. The van der Waals surface area contributed by atoms with E-state index in [9.17, 15) is 14.7 Å². The Morgan fingerprint density at radius 2 is 1.91 bits per heavy atom. The smallest absolute Gasteiger partial charge is 0.335 e. The Hall–Kier alpha value is -4.10. The van der Waals surface area contributed by atoms with Gasteiger partial charge in [0.15, 0.2) is 11.5 Å². The molecule has 1 aromatic heterocycles. The van der Waals surface area contributed by atoms with E-state index < -0.39 is 5.97 Å². The van der Waals surface area contributed by atoms with Crippen LogP contribution < -0.4 is 15.0 Å². The third kappa shape index (κ3) is 4.50. The van der Waals surface area contributed by atoms with E-state index in [4.69, 9.17) is 21.1 Å². The molecule has 0 spiro atoms. The van der Waals surface area contributed by atoms with Gasteiger partial charge >= 0.3 is 5.97 Å². The summed E-state index contributed by atoms with van der Waals surface area (Å²) in [7, 11) is 1.58. The van der Waals surface area contributed by atoms with Crippen LogP contribution in [0.15, 0.2) is 65.5 Å². The van der Waals surface area contributed by atoms with E-state index in [2.05, 4.69) is 4.98 Å². The summed E-state index contributed by atoms with van der Waals surface area (Å²) in [4.78, 5) is 28.9. The van der Waals surface area contributed by atoms with E-state index in [1.165, 1.54) is 18.2 Å². The number of aromatic carboxylic acids is 1. The lowest BCUT2D eigenvalue weighted by Crippen LogP contribution is -2.21. The van der Waals surface area contributed by atoms with E-state index in [0.29, 0.717) is 52.8 Å². The summed E-state index contributed by atoms with van der Waals surface area (Å²) in [6, 6.07) is 17.5. The number of carboxylic acids is 1. The van der Waals surface area contributed by atoms with Crippen molar-refractivity contribution >= 4 is 40.1 Å². The van der Waals surface area contributed by atoms with Crippen LogP contribution >= 0.6 is 11.6 Å². The minimum atomic E-state index is -1.06. The quantitative estimate of drug-likeness (QED) is 0.397. The summed E-state index contributed by atoms with van der Waals surface area (Å²) in [6.07, 6.45) is 2.60. The molecule has 3 aromatic carbocycles. The second kappa shape index (κ2) is 9.27. The molecule has 1 aliphatic rings. The topological polar surface area (TPSA) is 90.7 Å². The molecule has 0 amide bonds. The molecule has 0 unspecified atom stereocenters. The van der Waals surface area contributed by atoms with Crippen LogP contribution in [0, 0.1) is 0 Å². The second-order valence-electron chi connectivity index (χ2n) is 8.17. The number of carboxylic acid groups (broad SMARTS) is 1. The monoisotopic (exact) mass is 488 g/mol. The highest BCUT2D eigenvalue weighted by molar-refractivity contribution is 6.30. The number of halogens is 1. The molecular weight excluding hydrogens is 468 g/mol. The highest BCUT2D eigenvalue weighted by Crippen LogP contribution is 2.32. The van der Waals surface area contributed by atoms with Gasteiger partial charge in [-0.05, 0) is 71.7 Å². The van der Waals surface area contributed by atoms with Crippen LogP contribution in [0.4, 0.5) is 0 Å². The number of nitrogens with zero attached hydrogens (tertiary/aromatic N) is 2. The number of hydrogen-bond donors (Lipinski definition) is 1. The van der Waals surface area contributed by atoms with E-state index in [1.54, 1.807) is 11.7 Å². The summed E-state index contributed by atoms with van der Waals surface area (Å²) in [5.41, 5.74) is 3.04. The minimum Gasteiger partial charge on any atom is -0.493 e. The lowest BCUT2D eigenvalue weighted by Gasteiger charge is -2.12. The van der Waals surface area contributed by atoms with Crippen LogP contribution in [0.3, 0.4) is 0 Å². The van der Waals surface area contributed by atoms with Gasteiger partial charge in [0, 0.05) is 11.6 Å². The first-order valence-corrected chi connectivity index (χ1v) is 11.3. The molecule has 1 N–H and O–H groups in total. The van der Waals surface area contributed by atoms with Crippen LogP contribution in [0.5, 0.6) is 11.5 Å². The minimum absolute atomic E-state index is 0.0943. The van der Waals surface area contributed by atoms with Gasteiger partial charge in [0.25, 0.3) is 5.56 Å². The van der Waals surface area contributed by atoms with Gasteiger partial charge in [0.05, 0.1) is 23.6 Å².